The first-order valence-electron chi connectivity index (χ1n) is 4.94. The molecule has 0 aliphatic carbocycles. The highest BCUT2D eigenvalue weighted by Gasteiger charge is 2.08. The first kappa shape index (κ1) is 13.0. The quantitative estimate of drug-likeness (QED) is 0.849. The van der Waals surface area contributed by atoms with Crippen LogP contribution in [0.5, 0.6) is 0 Å². The largest absolute Gasteiger partial charge is 0.321 e. The average Bonchev–Trinajstić information content (AvgIpc) is 2.34. The Bertz CT molecular complexity index is 606. The summed E-state index contributed by atoms with van der Waals surface area (Å²) in [5, 5.41) is 2.90. The lowest BCUT2D eigenvalue weighted by Crippen LogP contribution is -2.12. The van der Waals surface area contributed by atoms with E-state index in [0.717, 1.165) is 6.07 Å². The Morgan fingerprint density at radius 3 is 2.83 bits per heavy atom. The molecule has 0 radical (unpaired) electrons. The summed E-state index contributed by atoms with van der Waals surface area (Å²) in [5.74, 6) is -0.872. The molecule has 1 heterocycles. The number of benzene rings is 1. The molecule has 0 fully saturated rings. The molecule has 0 atom stereocenters. The lowest BCUT2D eigenvalue weighted by molar-refractivity contribution is 0.102. The zero-order chi connectivity index (χ0) is 13.1. The van der Waals surface area contributed by atoms with E-state index in [-0.39, 0.29) is 5.56 Å². The molecule has 3 nitrogen and oxygen atoms in total. The van der Waals surface area contributed by atoms with E-state index >= 15 is 0 Å². The summed E-state index contributed by atoms with van der Waals surface area (Å²) in [5.41, 5.74) is 0.710. The predicted molar refractivity (Wildman–Crippen MR) is 71.3 cm³/mol. The van der Waals surface area contributed by atoms with Crippen LogP contribution in [0.4, 0.5) is 10.1 Å². The Balaban J connectivity index is 2.18. The van der Waals surface area contributed by atoms with Gasteiger partial charge in [0.2, 0.25) is 0 Å². The first-order chi connectivity index (χ1) is 8.56. The molecule has 1 N–H and O–H groups in total. The van der Waals surface area contributed by atoms with Crippen molar-refractivity contribution in [2.24, 2.45) is 0 Å². The van der Waals surface area contributed by atoms with Crippen molar-refractivity contribution < 1.29 is 9.18 Å². The molecule has 2 rings (SSSR count). The number of nitrogens with one attached hydrogen (secondary N) is 1. The molecule has 2 aromatic rings. The number of carbonyl (C=O) groups is 1. The van der Waals surface area contributed by atoms with Crippen molar-refractivity contribution in [3.05, 3.63) is 57.5 Å². The second-order valence-electron chi connectivity index (χ2n) is 3.46. The average molecular weight is 330 g/mol. The minimum Gasteiger partial charge on any atom is -0.321 e. The van der Waals surface area contributed by atoms with Gasteiger partial charge in [0.15, 0.2) is 0 Å². The van der Waals surface area contributed by atoms with Crippen molar-refractivity contribution in [1.29, 1.82) is 0 Å². The molecule has 0 aliphatic rings. The third-order valence-corrected chi connectivity index (χ3v) is 3.27. The summed E-state index contributed by atoms with van der Waals surface area (Å²) in [7, 11) is 0. The van der Waals surface area contributed by atoms with Gasteiger partial charge >= 0.3 is 0 Å². The molecule has 18 heavy (non-hydrogen) atoms. The molecule has 0 saturated carbocycles. The van der Waals surface area contributed by atoms with Crippen molar-refractivity contribution in [2.75, 3.05) is 5.32 Å². The Hall–Kier alpha value is -1.46. The second kappa shape index (κ2) is 5.46. The number of carbonyl (C=O) groups excluding carboxylic acids is 1. The molecule has 6 heteroatoms. The van der Waals surface area contributed by atoms with E-state index < -0.39 is 11.7 Å². The number of pyridine rings is 1. The molecule has 0 bridgehead atoms. The van der Waals surface area contributed by atoms with Gasteiger partial charge in [-0.25, -0.2) is 9.37 Å². The van der Waals surface area contributed by atoms with Crippen LogP contribution in [-0.2, 0) is 0 Å². The van der Waals surface area contributed by atoms with Gasteiger partial charge in [-0.1, -0.05) is 17.7 Å². The van der Waals surface area contributed by atoms with Gasteiger partial charge in [-0.05, 0) is 40.2 Å². The molecule has 1 aromatic carbocycles. The SMILES string of the molecule is O=C(Nc1cnc(Cl)c(Br)c1)c1cccc(F)c1. The van der Waals surface area contributed by atoms with E-state index in [0.29, 0.717) is 15.3 Å². The van der Waals surface area contributed by atoms with Crippen molar-refractivity contribution in [1.82, 2.24) is 4.98 Å². The topological polar surface area (TPSA) is 42.0 Å². The number of hydrogen-bond donors (Lipinski definition) is 1. The Morgan fingerprint density at radius 1 is 1.39 bits per heavy atom. The van der Waals surface area contributed by atoms with Gasteiger partial charge in [0.1, 0.15) is 11.0 Å². The molecule has 0 unspecified atom stereocenters. The summed E-state index contributed by atoms with van der Waals surface area (Å²) in [6.07, 6.45) is 1.42. The zero-order valence-electron chi connectivity index (χ0n) is 8.95. The lowest BCUT2D eigenvalue weighted by Gasteiger charge is -2.05. The van der Waals surface area contributed by atoms with E-state index in [9.17, 15) is 9.18 Å². The number of aromatic nitrogens is 1. The molecular formula is C12H7BrClFN2O. The number of hydrogen-bond acceptors (Lipinski definition) is 2. The number of halogens is 3. The normalized spacial score (nSPS) is 10.2. The number of nitrogens with zero attached hydrogens (tertiary/aromatic N) is 1. The molecule has 0 saturated heterocycles. The van der Waals surface area contributed by atoms with E-state index in [1.54, 1.807) is 6.07 Å². The number of rotatable bonds is 2. The fraction of sp³-hybridized carbons (Fsp3) is 0. The highest BCUT2D eigenvalue weighted by Crippen LogP contribution is 2.23. The second-order valence-corrected chi connectivity index (χ2v) is 4.67. The standard InChI is InChI=1S/C12H7BrClFN2O/c13-10-5-9(6-16-11(10)14)17-12(18)7-2-1-3-8(15)4-7/h1-6H,(H,17,18). The molecular weight excluding hydrogens is 323 g/mol. The van der Waals surface area contributed by atoms with E-state index in [1.807, 2.05) is 0 Å². The third-order valence-electron chi connectivity index (χ3n) is 2.14. The fourth-order valence-electron chi connectivity index (χ4n) is 1.32. The molecule has 1 amide bonds. The Kier molecular flexibility index (Phi) is 3.93. The lowest BCUT2D eigenvalue weighted by atomic mass is 10.2. The van der Waals surface area contributed by atoms with E-state index in [4.69, 9.17) is 11.6 Å². The summed E-state index contributed by atoms with van der Waals surface area (Å²) in [4.78, 5) is 15.7. The van der Waals surface area contributed by atoms with Gasteiger partial charge in [-0.2, -0.15) is 0 Å². The van der Waals surface area contributed by atoms with Crippen LogP contribution in [-0.4, -0.2) is 10.9 Å². The van der Waals surface area contributed by atoms with Crippen LogP contribution in [0.3, 0.4) is 0 Å². The molecule has 0 aliphatic heterocycles. The summed E-state index contributed by atoms with van der Waals surface area (Å²) in [6, 6.07) is 7.05. The Morgan fingerprint density at radius 2 is 2.17 bits per heavy atom. The van der Waals surface area contributed by atoms with Crippen molar-refractivity contribution in [3.8, 4) is 0 Å². The van der Waals surface area contributed by atoms with Crippen molar-refractivity contribution in [3.63, 3.8) is 0 Å². The van der Waals surface area contributed by atoms with Crippen LogP contribution in [0.1, 0.15) is 10.4 Å². The summed E-state index contributed by atoms with van der Waals surface area (Å²) < 4.78 is 13.5. The van der Waals surface area contributed by atoms with Gasteiger partial charge in [0.25, 0.3) is 5.91 Å². The van der Waals surface area contributed by atoms with Gasteiger partial charge in [0, 0.05) is 5.56 Å². The minimum absolute atomic E-state index is 0.237. The monoisotopic (exact) mass is 328 g/mol. The van der Waals surface area contributed by atoms with Crippen LogP contribution in [0, 0.1) is 5.82 Å². The van der Waals surface area contributed by atoms with E-state index in [2.05, 4.69) is 26.2 Å². The first-order valence-corrected chi connectivity index (χ1v) is 6.11. The van der Waals surface area contributed by atoms with Crippen molar-refractivity contribution >= 4 is 39.1 Å². The molecule has 1 aromatic heterocycles. The highest BCUT2D eigenvalue weighted by molar-refractivity contribution is 9.10. The summed E-state index contributed by atoms with van der Waals surface area (Å²) in [6.45, 7) is 0. The smallest absolute Gasteiger partial charge is 0.255 e. The summed E-state index contributed by atoms with van der Waals surface area (Å²) >= 11 is 8.93. The van der Waals surface area contributed by atoms with Crippen LogP contribution in [0.2, 0.25) is 5.15 Å². The van der Waals surface area contributed by atoms with Crippen LogP contribution in [0.15, 0.2) is 41.0 Å². The Labute approximate surface area is 116 Å². The zero-order valence-corrected chi connectivity index (χ0v) is 11.3. The minimum atomic E-state index is -0.460. The van der Waals surface area contributed by atoms with Crippen LogP contribution in [0.25, 0.3) is 0 Å². The van der Waals surface area contributed by atoms with Crippen molar-refractivity contribution in [2.45, 2.75) is 0 Å². The maximum absolute atomic E-state index is 13.0. The van der Waals surface area contributed by atoms with Crippen LogP contribution >= 0.6 is 27.5 Å². The van der Waals surface area contributed by atoms with Gasteiger partial charge in [-0.3, -0.25) is 4.79 Å². The maximum atomic E-state index is 13.0. The third kappa shape index (κ3) is 3.05. The fourth-order valence-corrected chi connectivity index (χ4v) is 1.77. The van der Waals surface area contributed by atoms with Crippen LogP contribution < -0.4 is 5.32 Å². The number of amides is 1. The van der Waals surface area contributed by atoms with E-state index in [1.165, 1.54) is 24.4 Å². The molecule has 92 valence electrons. The van der Waals surface area contributed by atoms with Gasteiger partial charge in [-0.15, -0.1) is 0 Å². The predicted octanol–water partition coefficient (Wildman–Crippen LogP) is 3.89. The highest BCUT2D eigenvalue weighted by atomic mass is 79.9. The maximum Gasteiger partial charge on any atom is 0.255 e. The van der Waals surface area contributed by atoms with Gasteiger partial charge in [0.05, 0.1) is 16.4 Å². The number of anilines is 1. The van der Waals surface area contributed by atoms with Gasteiger partial charge < -0.3 is 5.32 Å². The molecule has 0 spiro atoms.